The van der Waals surface area contributed by atoms with Crippen molar-refractivity contribution in [1.82, 2.24) is 4.90 Å². The van der Waals surface area contributed by atoms with Gasteiger partial charge in [0.25, 0.3) is 0 Å². The summed E-state index contributed by atoms with van der Waals surface area (Å²) in [4.78, 5) is 2.42. The molecule has 0 saturated heterocycles. The Balaban J connectivity index is 2.15. The second-order valence-corrected chi connectivity index (χ2v) is 5.59. The summed E-state index contributed by atoms with van der Waals surface area (Å²) in [6.45, 7) is 4.48. The maximum absolute atomic E-state index is 6.17. The van der Waals surface area contributed by atoms with E-state index < -0.39 is 0 Å². The highest BCUT2D eigenvalue weighted by Crippen LogP contribution is 2.38. The standard InChI is InChI=1S/C14H20N2/c1-9-3-10-5-13(15)6-12-8-16(2)7-11(4-9)14(10)12/h3-4,12-13H,5-8,15H2,1-2H3. The van der Waals surface area contributed by atoms with Gasteiger partial charge >= 0.3 is 0 Å². The Morgan fingerprint density at radius 2 is 2.06 bits per heavy atom. The topological polar surface area (TPSA) is 29.3 Å². The molecule has 0 fully saturated rings. The average molecular weight is 216 g/mol. The van der Waals surface area contributed by atoms with Crippen molar-refractivity contribution in [2.75, 3.05) is 13.6 Å². The zero-order valence-corrected chi connectivity index (χ0v) is 10.2. The fourth-order valence-electron chi connectivity index (χ4n) is 3.52. The van der Waals surface area contributed by atoms with Crippen LogP contribution in [0.4, 0.5) is 0 Å². The molecule has 0 aromatic heterocycles. The quantitative estimate of drug-likeness (QED) is 0.716. The molecule has 0 spiro atoms. The third-order valence-corrected chi connectivity index (χ3v) is 3.95. The second-order valence-electron chi connectivity index (χ2n) is 5.59. The average Bonchev–Trinajstić information content (AvgIpc) is 2.14. The zero-order chi connectivity index (χ0) is 11.3. The summed E-state index contributed by atoms with van der Waals surface area (Å²) in [5, 5.41) is 0. The number of benzene rings is 1. The predicted molar refractivity (Wildman–Crippen MR) is 66.6 cm³/mol. The monoisotopic (exact) mass is 216 g/mol. The highest BCUT2D eigenvalue weighted by Gasteiger charge is 2.31. The molecule has 16 heavy (non-hydrogen) atoms. The van der Waals surface area contributed by atoms with Gasteiger partial charge in [-0.15, -0.1) is 0 Å². The molecule has 2 unspecified atom stereocenters. The van der Waals surface area contributed by atoms with Crippen molar-refractivity contribution in [2.45, 2.75) is 38.3 Å². The van der Waals surface area contributed by atoms with Crippen molar-refractivity contribution in [3.05, 3.63) is 34.4 Å². The maximum atomic E-state index is 6.17. The third-order valence-electron chi connectivity index (χ3n) is 3.95. The van der Waals surface area contributed by atoms with Gasteiger partial charge in [-0.1, -0.05) is 17.7 Å². The molecule has 0 radical (unpaired) electrons. The van der Waals surface area contributed by atoms with Gasteiger partial charge in [0.2, 0.25) is 0 Å². The second kappa shape index (κ2) is 3.57. The van der Waals surface area contributed by atoms with Crippen LogP contribution in [-0.4, -0.2) is 24.5 Å². The van der Waals surface area contributed by atoms with Crippen LogP contribution in [0.2, 0.25) is 0 Å². The summed E-state index contributed by atoms with van der Waals surface area (Å²) in [5.74, 6) is 0.674. The molecule has 0 amide bonds. The number of nitrogens with two attached hydrogens (primary N) is 1. The van der Waals surface area contributed by atoms with Crippen molar-refractivity contribution in [3.63, 3.8) is 0 Å². The van der Waals surface area contributed by atoms with Crippen molar-refractivity contribution >= 4 is 0 Å². The van der Waals surface area contributed by atoms with Gasteiger partial charge in [0, 0.05) is 19.1 Å². The molecule has 1 heterocycles. The smallest absolute Gasteiger partial charge is 0.0233 e. The number of hydrogen-bond donors (Lipinski definition) is 1. The first-order chi connectivity index (χ1) is 7.63. The van der Waals surface area contributed by atoms with E-state index in [2.05, 4.69) is 31.0 Å². The normalized spacial score (nSPS) is 28.9. The first-order valence-electron chi connectivity index (χ1n) is 6.20. The van der Waals surface area contributed by atoms with Crippen LogP contribution in [-0.2, 0) is 13.0 Å². The Bertz CT molecular complexity index is 390. The highest BCUT2D eigenvalue weighted by atomic mass is 15.1. The number of rotatable bonds is 0. The largest absolute Gasteiger partial charge is 0.327 e. The molecule has 2 aliphatic rings. The maximum Gasteiger partial charge on any atom is 0.0233 e. The van der Waals surface area contributed by atoms with E-state index in [1.807, 2.05) is 0 Å². The van der Waals surface area contributed by atoms with E-state index >= 15 is 0 Å². The molecule has 2 heteroatoms. The molecule has 0 saturated carbocycles. The first kappa shape index (κ1) is 10.3. The lowest BCUT2D eigenvalue weighted by atomic mass is 9.75. The Kier molecular flexibility index (Phi) is 2.30. The van der Waals surface area contributed by atoms with Crippen LogP contribution in [0.15, 0.2) is 12.1 Å². The molecule has 2 N–H and O–H groups in total. The molecular formula is C14H20N2. The molecular weight excluding hydrogens is 196 g/mol. The van der Waals surface area contributed by atoms with Crippen LogP contribution >= 0.6 is 0 Å². The molecule has 2 atom stereocenters. The fraction of sp³-hybridized carbons (Fsp3) is 0.571. The van der Waals surface area contributed by atoms with Crippen molar-refractivity contribution in [2.24, 2.45) is 5.73 Å². The van der Waals surface area contributed by atoms with Crippen LogP contribution in [0.1, 0.15) is 34.6 Å². The summed E-state index contributed by atoms with van der Waals surface area (Å²) in [7, 11) is 2.21. The van der Waals surface area contributed by atoms with Crippen molar-refractivity contribution in [3.8, 4) is 0 Å². The number of likely N-dealkylation sites (N-methyl/N-ethyl adjacent to an activating group) is 1. The number of nitrogens with zero attached hydrogens (tertiary/aromatic N) is 1. The van der Waals surface area contributed by atoms with Gasteiger partial charge in [0.05, 0.1) is 0 Å². The van der Waals surface area contributed by atoms with Crippen LogP contribution in [0.5, 0.6) is 0 Å². The van der Waals surface area contributed by atoms with Gasteiger partial charge in [0.1, 0.15) is 0 Å². The summed E-state index contributed by atoms with van der Waals surface area (Å²) >= 11 is 0. The summed E-state index contributed by atoms with van der Waals surface area (Å²) in [6, 6.07) is 5.06. The predicted octanol–water partition coefficient (Wildman–Crippen LogP) is 1.80. The van der Waals surface area contributed by atoms with Gasteiger partial charge in [0.15, 0.2) is 0 Å². The molecule has 0 bridgehead atoms. The summed E-state index contributed by atoms with van der Waals surface area (Å²) < 4.78 is 0. The minimum atomic E-state index is 0.360. The molecule has 1 aromatic rings. The number of hydrogen-bond acceptors (Lipinski definition) is 2. The lowest BCUT2D eigenvalue weighted by Gasteiger charge is -2.39. The summed E-state index contributed by atoms with van der Waals surface area (Å²) in [6.07, 6.45) is 2.23. The van der Waals surface area contributed by atoms with E-state index in [0.29, 0.717) is 12.0 Å². The number of aryl methyl sites for hydroxylation is 1. The zero-order valence-electron chi connectivity index (χ0n) is 10.2. The van der Waals surface area contributed by atoms with Crippen LogP contribution < -0.4 is 5.73 Å². The van der Waals surface area contributed by atoms with Gasteiger partial charge < -0.3 is 10.6 Å². The van der Waals surface area contributed by atoms with Gasteiger partial charge in [-0.2, -0.15) is 0 Å². The van der Waals surface area contributed by atoms with E-state index in [4.69, 9.17) is 5.73 Å². The molecule has 1 aliphatic carbocycles. The minimum Gasteiger partial charge on any atom is -0.327 e. The van der Waals surface area contributed by atoms with E-state index in [-0.39, 0.29) is 0 Å². The van der Waals surface area contributed by atoms with Crippen molar-refractivity contribution in [1.29, 1.82) is 0 Å². The molecule has 1 aliphatic heterocycles. The molecule has 86 valence electrons. The Hall–Kier alpha value is -0.860. The Morgan fingerprint density at radius 1 is 1.31 bits per heavy atom. The first-order valence-corrected chi connectivity index (χ1v) is 6.20. The van der Waals surface area contributed by atoms with Gasteiger partial charge in [-0.25, -0.2) is 0 Å². The van der Waals surface area contributed by atoms with Crippen molar-refractivity contribution < 1.29 is 0 Å². The Labute approximate surface area is 97.4 Å². The lowest BCUT2D eigenvalue weighted by molar-refractivity contribution is 0.260. The van der Waals surface area contributed by atoms with E-state index in [1.165, 1.54) is 17.7 Å². The Morgan fingerprint density at radius 3 is 2.88 bits per heavy atom. The highest BCUT2D eigenvalue weighted by molar-refractivity contribution is 5.45. The molecule has 2 nitrogen and oxygen atoms in total. The fourth-order valence-corrected chi connectivity index (χ4v) is 3.52. The molecule has 1 aromatic carbocycles. The van der Waals surface area contributed by atoms with Gasteiger partial charge in [-0.3, -0.25) is 0 Å². The summed E-state index contributed by atoms with van der Waals surface area (Å²) in [5.41, 5.74) is 12.2. The SMILES string of the molecule is Cc1cc2c3c(c1)CN(C)CC3CC(N)C2. The van der Waals surface area contributed by atoms with Crippen LogP contribution in [0, 0.1) is 6.92 Å². The molecule has 3 rings (SSSR count). The van der Waals surface area contributed by atoms with Crippen LogP contribution in [0.25, 0.3) is 0 Å². The third kappa shape index (κ3) is 1.57. The van der Waals surface area contributed by atoms with E-state index in [0.717, 1.165) is 19.4 Å². The van der Waals surface area contributed by atoms with Crippen LogP contribution in [0.3, 0.4) is 0 Å². The van der Waals surface area contributed by atoms with Gasteiger partial charge in [-0.05, 0) is 49.4 Å². The van der Waals surface area contributed by atoms with E-state index in [9.17, 15) is 0 Å². The lowest BCUT2D eigenvalue weighted by Crippen LogP contribution is -2.39. The minimum absolute atomic E-state index is 0.360. The van der Waals surface area contributed by atoms with E-state index in [1.54, 1.807) is 11.1 Å².